The van der Waals surface area contributed by atoms with Crippen molar-refractivity contribution in [2.45, 2.75) is 38.2 Å². The van der Waals surface area contributed by atoms with Gasteiger partial charge in [0.2, 0.25) is 10.0 Å². The van der Waals surface area contributed by atoms with E-state index in [4.69, 9.17) is 28.3 Å². The van der Waals surface area contributed by atoms with Crippen LogP contribution in [0, 0.1) is 5.92 Å². The van der Waals surface area contributed by atoms with Crippen molar-refractivity contribution in [3.05, 3.63) is 27.7 Å². The Bertz CT molecular complexity index is 559. The van der Waals surface area contributed by atoms with E-state index in [1.807, 2.05) is 0 Å². The summed E-state index contributed by atoms with van der Waals surface area (Å²) in [6, 6.07) is 2.63. The van der Waals surface area contributed by atoms with E-state index in [1.165, 1.54) is 12.1 Å². The van der Waals surface area contributed by atoms with E-state index in [-0.39, 0.29) is 21.5 Å². The van der Waals surface area contributed by atoms with Crippen LogP contribution in [-0.2, 0) is 16.6 Å². The van der Waals surface area contributed by atoms with Crippen molar-refractivity contribution in [3.63, 3.8) is 0 Å². The van der Waals surface area contributed by atoms with Crippen molar-refractivity contribution in [2.24, 2.45) is 5.92 Å². The van der Waals surface area contributed by atoms with Crippen LogP contribution in [0.15, 0.2) is 17.0 Å². The molecule has 7 heteroatoms. The Balaban J connectivity index is 2.87. The lowest BCUT2D eigenvalue weighted by Gasteiger charge is -2.11. The first-order valence-corrected chi connectivity index (χ1v) is 8.60. The highest BCUT2D eigenvalue weighted by Gasteiger charge is 2.19. The molecule has 0 aliphatic rings. The van der Waals surface area contributed by atoms with Gasteiger partial charge in [0.05, 0.1) is 11.6 Å². The molecule has 0 amide bonds. The average molecular weight is 340 g/mol. The number of sulfonamides is 1. The van der Waals surface area contributed by atoms with Gasteiger partial charge in [-0.15, -0.1) is 0 Å². The first-order valence-electron chi connectivity index (χ1n) is 6.36. The summed E-state index contributed by atoms with van der Waals surface area (Å²) < 4.78 is 26.8. The Morgan fingerprint density at radius 3 is 2.45 bits per heavy atom. The molecule has 0 atom stereocenters. The number of nitrogens with one attached hydrogen (secondary N) is 1. The van der Waals surface area contributed by atoms with Crippen molar-refractivity contribution in [2.75, 3.05) is 6.54 Å². The van der Waals surface area contributed by atoms with Crippen molar-refractivity contribution in [3.8, 4) is 0 Å². The summed E-state index contributed by atoms with van der Waals surface area (Å²) in [5.41, 5.74) is 0.332. The minimum absolute atomic E-state index is 0.0450. The topological polar surface area (TPSA) is 66.4 Å². The Hall–Kier alpha value is -0.330. The molecule has 1 aromatic rings. The van der Waals surface area contributed by atoms with Gasteiger partial charge in [-0.1, -0.05) is 37.0 Å². The number of aliphatic hydroxyl groups excluding tert-OH is 1. The molecular formula is C13H19Cl2NO3S. The van der Waals surface area contributed by atoms with E-state index >= 15 is 0 Å². The number of halogens is 2. The Morgan fingerprint density at radius 1 is 1.25 bits per heavy atom. The number of rotatable bonds is 7. The van der Waals surface area contributed by atoms with E-state index in [9.17, 15) is 8.42 Å². The van der Waals surface area contributed by atoms with E-state index in [0.29, 0.717) is 18.0 Å². The zero-order chi connectivity index (χ0) is 15.3. The molecule has 0 aromatic heterocycles. The van der Waals surface area contributed by atoms with Crippen molar-refractivity contribution < 1.29 is 13.5 Å². The molecule has 0 bridgehead atoms. The third kappa shape index (κ3) is 4.90. The zero-order valence-corrected chi connectivity index (χ0v) is 13.8. The molecule has 0 unspecified atom stereocenters. The molecule has 0 saturated carbocycles. The van der Waals surface area contributed by atoms with Crippen LogP contribution < -0.4 is 4.72 Å². The fourth-order valence-electron chi connectivity index (χ4n) is 1.69. The fraction of sp³-hybridized carbons (Fsp3) is 0.538. The molecule has 4 nitrogen and oxygen atoms in total. The maximum atomic E-state index is 12.2. The molecule has 0 radical (unpaired) electrons. The number of hydrogen-bond donors (Lipinski definition) is 2. The molecule has 20 heavy (non-hydrogen) atoms. The van der Waals surface area contributed by atoms with Gasteiger partial charge in [-0.3, -0.25) is 0 Å². The van der Waals surface area contributed by atoms with Crippen LogP contribution in [0.2, 0.25) is 10.0 Å². The van der Waals surface area contributed by atoms with Crippen LogP contribution in [0.5, 0.6) is 0 Å². The summed E-state index contributed by atoms with van der Waals surface area (Å²) in [7, 11) is -3.69. The lowest BCUT2D eigenvalue weighted by Crippen LogP contribution is -2.25. The molecule has 0 fully saturated rings. The van der Waals surface area contributed by atoms with Gasteiger partial charge in [-0.25, -0.2) is 13.1 Å². The molecular weight excluding hydrogens is 321 g/mol. The average Bonchev–Trinajstić information content (AvgIpc) is 2.34. The summed E-state index contributed by atoms with van der Waals surface area (Å²) >= 11 is 11.8. The molecule has 0 spiro atoms. The monoisotopic (exact) mass is 339 g/mol. The van der Waals surface area contributed by atoms with Gasteiger partial charge in [0, 0.05) is 11.6 Å². The Morgan fingerprint density at radius 2 is 1.90 bits per heavy atom. The molecule has 0 aliphatic heterocycles. The minimum Gasteiger partial charge on any atom is -0.392 e. The lowest BCUT2D eigenvalue weighted by molar-refractivity contribution is 0.281. The summed E-state index contributed by atoms with van der Waals surface area (Å²) in [5, 5.41) is 9.42. The molecule has 0 heterocycles. The highest BCUT2D eigenvalue weighted by molar-refractivity contribution is 7.89. The Kier molecular flexibility index (Phi) is 6.75. The van der Waals surface area contributed by atoms with Crippen LogP contribution in [-0.4, -0.2) is 20.1 Å². The van der Waals surface area contributed by atoms with Gasteiger partial charge < -0.3 is 5.11 Å². The molecule has 1 aromatic carbocycles. The number of aliphatic hydroxyl groups is 1. The van der Waals surface area contributed by atoms with Gasteiger partial charge in [0.15, 0.2) is 0 Å². The first kappa shape index (κ1) is 17.7. The second kappa shape index (κ2) is 7.61. The SMILES string of the molecule is CC(C)CCCNS(=O)(=O)c1cc(CO)c(Cl)cc1Cl. The molecule has 2 N–H and O–H groups in total. The Labute approximate surface area is 130 Å². The molecule has 114 valence electrons. The summed E-state index contributed by atoms with van der Waals surface area (Å²) in [5.74, 6) is 0.527. The van der Waals surface area contributed by atoms with Gasteiger partial charge in [-0.2, -0.15) is 0 Å². The predicted molar refractivity (Wildman–Crippen MR) is 81.6 cm³/mol. The molecule has 1 rings (SSSR count). The van der Waals surface area contributed by atoms with Crippen LogP contribution in [0.1, 0.15) is 32.3 Å². The summed E-state index contributed by atoms with van der Waals surface area (Å²) in [6.07, 6.45) is 1.70. The van der Waals surface area contributed by atoms with E-state index in [1.54, 1.807) is 0 Å². The van der Waals surface area contributed by atoms with Crippen LogP contribution >= 0.6 is 23.2 Å². The predicted octanol–water partition coefficient (Wildman–Crippen LogP) is 3.20. The maximum Gasteiger partial charge on any atom is 0.242 e. The number of benzene rings is 1. The third-order valence-corrected chi connectivity index (χ3v) is 5.09. The van der Waals surface area contributed by atoms with Crippen LogP contribution in [0.25, 0.3) is 0 Å². The molecule has 0 aliphatic carbocycles. The van der Waals surface area contributed by atoms with Gasteiger partial charge in [0.25, 0.3) is 0 Å². The third-order valence-electron chi connectivity index (χ3n) is 2.81. The van der Waals surface area contributed by atoms with E-state index in [0.717, 1.165) is 12.8 Å². The first-order chi connectivity index (χ1) is 9.27. The highest BCUT2D eigenvalue weighted by atomic mass is 35.5. The van der Waals surface area contributed by atoms with Crippen LogP contribution in [0.3, 0.4) is 0 Å². The lowest BCUT2D eigenvalue weighted by atomic mass is 10.1. The van der Waals surface area contributed by atoms with Crippen molar-refractivity contribution in [1.29, 1.82) is 0 Å². The summed E-state index contributed by atoms with van der Waals surface area (Å²) in [6.45, 7) is 4.18. The quantitative estimate of drug-likeness (QED) is 0.749. The largest absolute Gasteiger partial charge is 0.392 e. The summed E-state index contributed by atoms with van der Waals surface area (Å²) in [4.78, 5) is -0.0582. The van der Waals surface area contributed by atoms with E-state index < -0.39 is 10.0 Å². The maximum absolute atomic E-state index is 12.2. The molecule has 0 saturated heterocycles. The van der Waals surface area contributed by atoms with Gasteiger partial charge in [0.1, 0.15) is 4.90 Å². The van der Waals surface area contributed by atoms with E-state index in [2.05, 4.69) is 18.6 Å². The van der Waals surface area contributed by atoms with Gasteiger partial charge >= 0.3 is 0 Å². The standard InChI is InChI=1S/C13H19Cl2NO3S/c1-9(2)4-3-5-16-20(18,19)13-6-10(8-17)11(14)7-12(13)15/h6-7,9,16-17H,3-5,8H2,1-2H3. The highest BCUT2D eigenvalue weighted by Crippen LogP contribution is 2.28. The zero-order valence-electron chi connectivity index (χ0n) is 11.5. The smallest absolute Gasteiger partial charge is 0.242 e. The second-order valence-electron chi connectivity index (χ2n) is 4.97. The minimum atomic E-state index is -3.69. The van der Waals surface area contributed by atoms with Crippen molar-refractivity contribution in [1.82, 2.24) is 4.72 Å². The second-order valence-corrected chi connectivity index (χ2v) is 7.52. The fourth-order valence-corrected chi connectivity index (χ4v) is 3.62. The van der Waals surface area contributed by atoms with Crippen LogP contribution in [0.4, 0.5) is 0 Å². The van der Waals surface area contributed by atoms with Gasteiger partial charge in [-0.05, 0) is 36.5 Å². The normalized spacial score (nSPS) is 12.1. The van der Waals surface area contributed by atoms with Crippen molar-refractivity contribution >= 4 is 33.2 Å². The number of hydrogen-bond acceptors (Lipinski definition) is 3.